The molecule has 0 unspecified atom stereocenters. The van der Waals surface area contributed by atoms with Crippen LogP contribution in [0.25, 0.3) is 11.0 Å². The molecule has 16 heteroatoms. The number of benzene rings is 2. The Morgan fingerprint density at radius 2 is 1.94 bits per heavy atom. The van der Waals surface area contributed by atoms with Crippen LogP contribution in [0.3, 0.4) is 0 Å². The molecule has 1 aliphatic heterocycles. The molecule has 0 aliphatic carbocycles. The van der Waals surface area contributed by atoms with Crippen molar-refractivity contribution in [3.05, 3.63) is 64.7 Å². The first-order valence-electron chi connectivity index (χ1n) is 15.5. The average Bonchev–Trinajstić information content (AvgIpc) is 3.70. The molecule has 0 spiro atoms. The number of aliphatic hydroxyl groups excluding tert-OH is 3. The minimum Gasteiger partial charge on any atom is -0.496 e. The number of carbonyl (C=O) groups is 2. The molecule has 15 nitrogen and oxygen atoms in total. The van der Waals surface area contributed by atoms with Gasteiger partial charge in [-0.1, -0.05) is 28.9 Å². The maximum Gasteiger partial charge on any atom is 0.255 e. The lowest BCUT2D eigenvalue weighted by molar-refractivity contribution is -0.261. The number of aliphatic hydroxyl groups is 3. The number of halogens is 1. The van der Waals surface area contributed by atoms with E-state index in [4.69, 9.17) is 35.5 Å². The van der Waals surface area contributed by atoms with E-state index in [1.165, 1.54) is 26.4 Å². The smallest absolute Gasteiger partial charge is 0.255 e. The molecule has 1 amide bonds. The van der Waals surface area contributed by atoms with Gasteiger partial charge >= 0.3 is 0 Å². The van der Waals surface area contributed by atoms with Gasteiger partial charge in [-0.25, -0.2) is 4.98 Å². The molecule has 0 bridgehead atoms. The molecule has 2 aromatic heterocycles. The van der Waals surface area contributed by atoms with Crippen LogP contribution in [0.5, 0.6) is 11.5 Å². The number of nitrogens with zero attached hydrogens (tertiary/aromatic N) is 5. The summed E-state index contributed by atoms with van der Waals surface area (Å²) >= 11 is 6.58. The molecule has 1 fully saturated rings. The van der Waals surface area contributed by atoms with Crippen molar-refractivity contribution < 1.29 is 43.9 Å². The lowest BCUT2D eigenvalue weighted by Crippen LogP contribution is -2.64. The lowest BCUT2D eigenvalue weighted by atomic mass is 9.96. The summed E-state index contributed by atoms with van der Waals surface area (Å²) in [5, 5.41) is 41.5. The van der Waals surface area contributed by atoms with Gasteiger partial charge < -0.3 is 48.9 Å². The van der Waals surface area contributed by atoms with Crippen LogP contribution >= 0.6 is 11.6 Å². The quantitative estimate of drug-likeness (QED) is 0.0986. The third kappa shape index (κ3) is 7.94. The molecule has 0 saturated carbocycles. The van der Waals surface area contributed by atoms with Crippen molar-refractivity contribution in [3.8, 4) is 11.5 Å². The highest BCUT2D eigenvalue weighted by Crippen LogP contribution is 2.34. The minimum absolute atomic E-state index is 0.0450. The Morgan fingerprint density at radius 1 is 1.12 bits per heavy atom. The van der Waals surface area contributed by atoms with Crippen LogP contribution in [0.4, 0.5) is 0 Å². The molecule has 2 aromatic carbocycles. The summed E-state index contributed by atoms with van der Waals surface area (Å²) in [4.78, 5) is 28.7. The van der Waals surface area contributed by atoms with E-state index in [2.05, 4.69) is 20.2 Å². The summed E-state index contributed by atoms with van der Waals surface area (Å²) in [5.74, 6) is 0.398. The van der Waals surface area contributed by atoms with Gasteiger partial charge in [0.05, 0.1) is 41.0 Å². The maximum atomic E-state index is 13.3. The topological polar surface area (TPSA) is 192 Å². The van der Waals surface area contributed by atoms with Crippen molar-refractivity contribution >= 4 is 34.8 Å². The van der Waals surface area contributed by atoms with E-state index in [1.54, 1.807) is 4.68 Å². The number of aromatic nitrogens is 5. The van der Waals surface area contributed by atoms with Crippen molar-refractivity contribution in [2.45, 2.75) is 76.0 Å². The number of unbranched alkanes of at least 4 members (excludes halogenated alkanes) is 1. The maximum absolute atomic E-state index is 13.3. The van der Waals surface area contributed by atoms with Gasteiger partial charge in [-0.2, -0.15) is 0 Å². The first-order chi connectivity index (χ1) is 23.3. The Morgan fingerprint density at radius 3 is 2.69 bits per heavy atom. The first-order valence-corrected chi connectivity index (χ1v) is 15.9. The standard InChI is InChI=1S/C32H39ClN6O9/c1-45-24-15-25(21(33)14-20(24)31(44)35-28-30(43)29(42)26(17-41)48-32(28)46-2)47-18-27-34-22-9-3-4-10-23(22)39(27)12-7-8-19-16-38(37-36-19)11-5-6-13-40/h3-4,9-10,13-16,26,28-30,32,41-43H,5-8,11-12,17-18H2,1-2H3,(H,35,44)/t26-,28-,29-,30-,32+/m1/s1. The molecule has 1 aliphatic rings. The van der Waals surface area contributed by atoms with Crippen LogP contribution in [0, 0.1) is 0 Å². The molecule has 4 N–H and O–H groups in total. The Kier molecular flexibility index (Phi) is 12.0. The van der Waals surface area contributed by atoms with Gasteiger partial charge in [0.2, 0.25) is 0 Å². The second-order valence-electron chi connectivity index (χ2n) is 11.3. The summed E-state index contributed by atoms with van der Waals surface area (Å²) in [7, 11) is 2.70. The molecule has 1 saturated heterocycles. The van der Waals surface area contributed by atoms with E-state index in [9.17, 15) is 24.9 Å². The average molecular weight is 687 g/mol. The molecule has 0 radical (unpaired) electrons. The summed E-state index contributed by atoms with van der Waals surface area (Å²) in [6.07, 6.45) is 0.296. The fourth-order valence-corrected chi connectivity index (χ4v) is 5.82. The van der Waals surface area contributed by atoms with Gasteiger partial charge in [-0.05, 0) is 37.5 Å². The number of aldehydes is 1. The Bertz CT molecular complexity index is 1700. The fraction of sp³-hybridized carbons (Fsp3) is 0.469. The van der Waals surface area contributed by atoms with Crippen molar-refractivity contribution in [3.63, 3.8) is 0 Å². The van der Waals surface area contributed by atoms with Crippen molar-refractivity contribution in [2.75, 3.05) is 20.8 Å². The number of ether oxygens (including phenoxy) is 4. The zero-order valence-electron chi connectivity index (χ0n) is 26.6. The lowest BCUT2D eigenvalue weighted by Gasteiger charge is -2.41. The predicted octanol–water partition coefficient (Wildman–Crippen LogP) is 1.66. The van der Waals surface area contributed by atoms with E-state index in [0.29, 0.717) is 31.8 Å². The monoisotopic (exact) mass is 686 g/mol. The molecule has 5 atom stereocenters. The van der Waals surface area contributed by atoms with E-state index in [-0.39, 0.29) is 28.7 Å². The zero-order valence-corrected chi connectivity index (χ0v) is 27.3. The molecule has 48 heavy (non-hydrogen) atoms. The number of rotatable bonds is 16. The van der Waals surface area contributed by atoms with E-state index in [1.807, 2.05) is 30.5 Å². The van der Waals surface area contributed by atoms with Gasteiger partial charge in [0.15, 0.2) is 6.29 Å². The first kappa shape index (κ1) is 35.2. The molecular weight excluding hydrogens is 648 g/mol. The number of nitrogens with one attached hydrogen (secondary N) is 1. The number of amides is 1. The Hall–Kier alpha value is -4.12. The van der Waals surface area contributed by atoms with Crippen LogP contribution in [0.2, 0.25) is 5.02 Å². The number of para-hydroxylation sites is 2. The minimum atomic E-state index is -1.48. The fourth-order valence-electron chi connectivity index (χ4n) is 5.60. The highest BCUT2D eigenvalue weighted by atomic mass is 35.5. The van der Waals surface area contributed by atoms with Crippen LogP contribution in [-0.2, 0) is 40.4 Å². The van der Waals surface area contributed by atoms with Crippen LogP contribution < -0.4 is 14.8 Å². The van der Waals surface area contributed by atoms with E-state index >= 15 is 0 Å². The third-order valence-corrected chi connectivity index (χ3v) is 8.41. The number of aryl methyl sites for hydroxylation is 3. The number of hydrogen-bond donors (Lipinski definition) is 4. The number of fused-ring (bicyclic) bond motifs is 1. The van der Waals surface area contributed by atoms with Crippen LogP contribution in [0.15, 0.2) is 42.6 Å². The normalized spacial score (nSPS) is 20.9. The Balaban J connectivity index is 1.27. The largest absolute Gasteiger partial charge is 0.496 e. The summed E-state index contributed by atoms with van der Waals surface area (Å²) in [5.41, 5.74) is 2.67. The molecular formula is C32H39ClN6O9. The van der Waals surface area contributed by atoms with Crippen LogP contribution in [0.1, 0.15) is 41.1 Å². The zero-order chi connectivity index (χ0) is 34.2. The summed E-state index contributed by atoms with van der Waals surface area (Å²) in [6, 6.07) is 9.48. The molecule has 258 valence electrons. The number of imidazole rings is 1. The SMILES string of the molecule is COc1cc(OCc2nc3ccccc3n2CCCc2cn(CCCC=O)nn2)c(Cl)cc1C(=O)N[C@H]1[C@@H](OC)O[C@H](CO)[C@@H](O)[C@@H]1O. The van der Waals surface area contributed by atoms with Crippen LogP contribution in [-0.4, -0.2) is 104 Å². The van der Waals surface area contributed by atoms with Gasteiger partial charge in [0.1, 0.15) is 54.6 Å². The van der Waals surface area contributed by atoms with E-state index < -0.39 is 43.2 Å². The second kappa shape index (κ2) is 16.3. The van der Waals surface area contributed by atoms with Gasteiger partial charge in [0.25, 0.3) is 5.91 Å². The number of hydrogen-bond acceptors (Lipinski definition) is 12. The molecule has 5 rings (SSSR count). The highest BCUT2D eigenvalue weighted by molar-refractivity contribution is 6.32. The second-order valence-corrected chi connectivity index (χ2v) is 11.7. The number of methoxy groups -OCH3 is 2. The summed E-state index contributed by atoms with van der Waals surface area (Å²) in [6.45, 7) is 0.803. The highest BCUT2D eigenvalue weighted by Gasteiger charge is 2.45. The van der Waals surface area contributed by atoms with Crippen molar-refractivity contribution in [2.24, 2.45) is 0 Å². The summed E-state index contributed by atoms with van der Waals surface area (Å²) < 4.78 is 26.1. The predicted molar refractivity (Wildman–Crippen MR) is 172 cm³/mol. The van der Waals surface area contributed by atoms with Crippen molar-refractivity contribution in [1.29, 1.82) is 0 Å². The molecule has 3 heterocycles. The van der Waals surface area contributed by atoms with E-state index in [0.717, 1.165) is 35.9 Å². The third-order valence-electron chi connectivity index (χ3n) is 8.11. The Labute approximate surface area is 281 Å². The van der Waals surface area contributed by atoms with Gasteiger partial charge in [0, 0.05) is 38.9 Å². The number of carbonyl (C=O) groups excluding carboxylic acids is 2. The van der Waals surface area contributed by atoms with Gasteiger partial charge in [-0.3, -0.25) is 9.48 Å². The van der Waals surface area contributed by atoms with Gasteiger partial charge in [-0.15, -0.1) is 5.10 Å². The van der Waals surface area contributed by atoms with Crippen molar-refractivity contribution in [1.82, 2.24) is 29.9 Å². The molecule has 4 aromatic rings.